The number of allylic oxidation sites excluding steroid dienone is 1. The van der Waals surface area contributed by atoms with Crippen LogP contribution in [0.4, 0.5) is 0 Å². The number of nitrogens with one attached hydrogen (secondary N) is 1. The van der Waals surface area contributed by atoms with E-state index in [1.165, 1.54) is 19.3 Å². The van der Waals surface area contributed by atoms with Crippen molar-refractivity contribution in [3.63, 3.8) is 0 Å². The van der Waals surface area contributed by atoms with E-state index in [0.717, 1.165) is 25.3 Å². The van der Waals surface area contributed by atoms with E-state index in [1.54, 1.807) is 0 Å². The molecule has 0 amide bonds. The van der Waals surface area contributed by atoms with Gasteiger partial charge in [0.1, 0.15) is 0 Å². The van der Waals surface area contributed by atoms with Crippen molar-refractivity contribution < 1.29 is 4.74 Å². The molecule has 1 atom stereocenters. The van der Waals surface area contributed by atoms with Crippen LogP contribution in [-0.4, -0.2) is 19.3 Å². The van der Waals surface area contributed by atoms with E-state index in [0.29, 0.717) is 6.10 Å². The van der Waals surface area contributed by atoms with Crippen LogP contribution in [0.3, 0.4) is 0 Å². The van der Waals surface area contributed by atoms with Crippen molar-refractivity contribution in [1.29, 1.82) is 0 Å². The molecule has 1 saturated heterocycles. The van der Waals surface area contributed by atoms with Crippen LogP contribution in [0.2, 0.25) is 0 Å². The molecular weight excluding hydrogens is 150 g/mol. The minimum atomic E-state index is 0.419. The molecule has 1 aliphatic heterocycles. The Kier molecular flexibility index (Phi) is 4.15. The van der Waals surface area contributed by atoms with Crippen molar-refractivity contribution in [3.8, 4) is 0 Å². The molecule has 0 aliphatic carbocycles. The summed E-state index contributed by atoms with van der Waals surface area (Å²) in [6, 6.07) is 0. The normalized spacial score (nSPS) is 23.6. The Morgan fingerprint density at radius 1 is 1.58 bits per heavy atom. The summed E-state index contributed by atoms with van der Waals surface area (Å²) in [7, 11) is 0. The van der Waals surface area contributed by atoms with Crippen LogP contribution >= 0.6 is 0 Å². The predicted molar refractivity (Wildman–Crippen MR) is 51.0 cm³/mol. The third kappa shape index (κ3) is 3.26. The average Bonchev–Trinajstić information content (AvgIpc) is 2.16. The second-order valence-corrected chi connectivity index (χ2v) is 3.33. The maximum Gasteiger partial charge on any atom is 0.0747 e. The van der Waals surface area contributed by atoms with E-state index in [-0.39, 0.29) is 0 Å². The van der Waals surface area contributed by atoms with Crippen LogP contribution in [0.15, 0.2) is 12.3 Å². The Morgan fingerprint density at radius 2 is 2.42 bits per heavy atom. The van der Waals surface area contributed by atoms with Gasteiger partial charge in [0, 0.05) is 18.8 Å². The highest BCUT2D eigenvalue weighted by Crippen LogP contribution is 2.11. The fraction of sp³-hybridized carbons (Fsp3) is 0.800. The first-order valence-electron chi connectivity index (χ1n) is 4.86. The lowest BCUT2D eigenvalue weighted by molar-refractivity contribution is 0.0183. The fourth-order valence-corrected chi connectivity index (χ4v) is 1.35. The van der Waals surface area contributed by atoms with Crippen LogP contribution in [-0.2, 0) is 4.74 Å². The van der Waals surface area contributed by atoms with E-state index in [1.807, 2.05) is 0 Å². The lowest BCUT2D eigenvalue weighted by Crippen LogP contribution is -2.31. The Labute approximate surface area is 75.0 Å². The second kappa shape index (κ2) is 5.20. The van der Waals surface area contributed by atoms with Gasteiger partial charge in [0.15, 0.2) is 0 Å². The molecule has 1 unspecified atom stereocenters. The van der Waals surface area contributed by atoms with Crippen LogP contribution in [0.1, 0.15) is 32.6 Å². The predicted octanol–water partition coefficient (Wildman–Crippen LogP) is 2.07. The van der Waals surface area contributed by atoms with Gasteiger partial charge in [-0.25, -0.2) is 0 Å². The molecule has 0 aromatic carbocycles. The molecule has 2 nitrogen and oxygen atoms in total. The first-order valence-corrected chi connectivity index (χ1v) is 4.86. The topological polar surface area (TPSA) is 21.3 Å². The monoisotopic (exact) mass is 169 g/mol. The van der Waals surface area contributed by atoms with E-state index in [9.17, 15) is 0 Å². The molecular formula is C10H19NO. The highest BCUT2D eigenvalue weighted by molar-refractivity contribution is 4.90. The molecule has 1 aliphatic rings. The standard InChI is InChI=1S/C10H19NO/c1-3-9(2)11-8-10-6-4-5-7-12-10/h10-11H,2-8H2,1H3. The van der Waals surface area contributed by atoms with Crippen LogP contribution in [0.25, 0.3) is 0 Å². The highest BCUT2D eigenvalue weighted by Gasteiger charge is 2.12. The van der Waals surface area contributed by atoms with E-state index < -0.39 is 0 Å². The summed E-state index contributed by atoms with van der Waals surface area (Å²) in [5.74, 6) is 0. The molecule has 1 rings (SSSR count). The third-order valence-electron chi connectivity index (χ3n) is 2.28. The SMILES string of the molecule is C=C(CC)NCC1CCCCO1. The van der Waals surface area contributed by atoms with Crippen molar-refractivity contribution in [3.05, 3.63) is 12.3 Å². The summed E-state index contributed by atoms with van der Waals surface area (Å²) in [5, 5.41) is 3.28. The van der Waals surface area contributed by atoms with Crippen molar-refractivity contribution in [2.75, 3.05) is 13.2 Å². The fourth-order valence-electron chi connectivity index (χ4n) is 1.35. The zero-order valence-electron chi connectivity index (χ0n) is 7.94. The molecule has 0 aromatic rings. The number of hydrogen-bond donors (Lipinski definition) is 1. The maximum atomic E-state index is 5.57. The molecule has 1 fully saturated rings. The first-order chi connectivity index (χ1) is 5.83. The van der Waals surface area contributed by atoms with Crippen molar-refractivity contribution in [1.82, 2.24) is 5.32 Å². The summed E-state index contributed by atoms with van der Waals surface area (Å²) in [6.45, 7) is 7.87. The zero-order chi connectivity index (χ0) is 8.81. The maximum absolute atomic E-state index is 5.57. The summed E-state index contributed by atoms with van der Waals surface area (Å²) in [5.41, 5.74) is 1.11. The van der Waals surface area contributed by atoms with Gasteiger partial charge in [-0.3, -0.25) is 0 Å². The zero-order valence-corrected chi connectivity index (χ0v) is 7.94. The van der Waals surface area contributed by atoms with Gasteiger partial charge < -0.3 is 10.1 Å². The Bertz CT molecular complexity index is 139. The number of ether oxygens (including phenoxy) is 1. The minimum absolute atomic E-state index is 0.419. The summed E-state index contributed by atoms with van der Waals surface area (Å²) >= 11 is 0. The molecule has 1 N–H and O–H groups in total. The van der Waals surface area contributed by atoms with Gasteiger partial charge in [-0.05, 0) is 25.7 Å². The quantitative estimate of drug-likeness (QED) is 0.695. The number of rotatable bonds is 4. The second-order valence-electron chi connectivity index (χ2n) is 3.33. The summed E-state index contributed by atoms with van der Waals surface area (Å²) in [4.78, 5) is 0. The average molecular weight is 169 g/mol. The van der Waals surface area contributed by atoms with Crippen molar-refractivity contribution in [2.45, 2.75) is 38.7 Å². The van der Waals surface area contributed by atoms with Gasteiger partial charge in [-0.1, -0.05) is 13.5 Å². The Balaban J connectivity index is 2.09. The van der Waals surface area contributed by atoms with Crippen LogP contribution in [0, 0.1) is 0 Å². The van der Waals surface area contributed by atoms with Gasteiger partial charge in [-0.2, -0.15) is 0 Å². The van der Waals surface area contributed by atoms with Gasteiger partial charge in [-0.15, -0.1) is 0 Å². The molecule has 0 radical (unpaired) electrons. The molecule has 70 valence electrons. The van der Waals surface area contributed by atoms with E-state index in [4.69, 9.17) is 4.74 Å². The van der Waals surface area contributed by atoms with Gasteiger partial charge >= 0.3 is 0 Å². The largest absolute Gasteiger partial charge is 0.386 e. The van der Waals surface area contributed by atoms with E-state index >= 15 is 0 Å². The first kappa shape index (κ1) is 9.59. The Morgan fingerprint density at radius 3 is 3.00 bits per heavy atom. The molecule has 1 heterocycles. The molecule has 12 heavy (non-hydrogen) atoms. The van der Waals surface area contributed by atoms with Gasteiger partial charge in [0.25, 0.3) is 0 Å². The summed E-state index contributed by atoms with van der Waals surface area (Å²) in [6.07, 6.45) is 5.16. The van der Waals surface area contributed by atoms with Crippen LogP contribution < -0.4 is 5.32 Å². The number of hydrogen-bond acceptors (Lipinski definition) is 2. The van der Waals surface area contributed by atoms with Crippen molar-refractivity contribution in [2.24, 2.45) is 0 Å². The minimum Gasteiger partial charge on any atom is -0.386 e. The molecule has 0 aromatic heterocycles. The summed E-state index contributed by atoms with van der Waals surface area (Å²) < 4.78 is 5.57. The Hall–Kier alpha value is -0.500. The molecule has 0 bridgehead atoms. The highest BCUT2D eigenvalue weighted by atomic mass is 16.5. The van der Waals surface area contributed by atoms with Gasteiger partial charge in [0.2, 0.25) is 0 Å². The molecule has 0 spiro atoms. The smallest absolute Gasteiger partial charge is 0.0747 e. The van der Waals surface area contributed by atoms with Crippen LogP contribution in [0.5, 0.6) is 0 Å². The van der Waals surface area contributed by atoms with Gasteiger partial charge in [0.05, 0.1) is 6.10 Å². The van der Waals surface area contributed by atoms with E-state index in [2.05, 4.69) is 18.8 Å². The molecule has 2 heteroatoms. The lowest BCUT2D eigenvalue weighted by Gasteiger charge is -2.23. The third-order valence-corrected chi connectivity index (χ3v) is 2.28. The molecule has 0 saturated carbocycles. The lowest BCUT2D eigenvalue weighted by atomic mass is 10.1. The van der Waals surface area contributed by atoms with Crippen molar-refractivity contribution >= 4 is 0 Å².